The maximum atomic E-state index is 2.64. The van der Waals surface area contributed by atoms with Crippen molar-refractivity contribution < 1.29 is 4.48 Å². The van der Waals surface area contributed by atoms with Gasteiger partial charge in [-0.3, -0.25) is 9.80 Å². The van der Waals surface area contributed by atoms with Crippen LogP contribution in [0.2, 0.25) is 0 Å². The number of nitrogens with zero attached hydrogens (tertiary/aromatic N) is 3. The highest BCUT2D eigenvalue weighted by Crippen LogP contribution is 2.31. The Balaban J connectivity index is 1.49. The maximum Gasteiger partial charge on any atom is 0.158 e. The summed E-state index contributed by atoms with van der Waals surface area (Å²) in [6.07, 6.45) is 0.627. The molecule has 0 aliphatic carbocycles. The second-order valence-corrected chi connectivity index (χ2v) is 7.49. The number of likely N-dealkylation sites (N-methyl/N-ethyl adjacent to an activating group) is 1. The first-order chi connectivity index (χ1) is 11.8. The summed E-state index contributed by atoms with van der Waals surface area (Å²) in [5, 5.41) is 0. The van der Waals surface area contributed by atoms with Crippen LogP contribution in [-0.2, 0) is 13.1 Å². The summed E-state index contributed by atoms with van der Waals surface area (Å²) in [7, 11) is 2.31. The number of rotatable bonds is 4. The minimum Gasteiger partial charge on any atom is -0.302 e. The molecule has 2 aromatic carbocycles. The molecule has 2 aromatic rings. The Morgan fingerprint density at radius 3 is 2.21 bits per heavy atom. The van der Waals surface area contributed by atoms with Crippen molar-refractivity contribution in [3.8, 4) is 0 Å². The van der Waals surface area contributed by atoms with E-state index in [0.29, 0.717) is 6.17 Å². The van der Waals surface area contributed by atoms with Crippen LogP contribution in [0.3, 0.4) is 0 Å². The average Bonchev–Trinajstić information content (AvgIpc) is 2.94. The standard InChI is InChI=1S/C21H28N3/c1-22-12-14-24(18-20-10-6-3-7-11-20)15-13-23(17-21(22)24)16-19-8-4-2-5-9-19/h2-11,21H,12-18H2,1H3/q+1. The van der Waals surface area contributed by atoms with Gasteiger partial charge in [-0.05, 0) is 12.6 Å². The molecule has 3 heteroatoms. The van der Waals surface area contributed by atoms with E-state index in [0.717, 1.165) is 6.54 Å². The van der Waals surface area contributed by atoms with E-state index in [-0.39, 0.29) is 0 Å². The predicted molar refractivity (Wildman–Crippen MR) is 98.3 cm³/mol. The molecule has 2 aliphatic rings. The topological polar surface area (TPSA) is 6.48 Å². The van der Waals surface area contributed by atoms with Gasteiger partial charge in [-0.15, -0.1) is 0 Å². The molecule has 4 rings (SSSR count). The second-order valence-electron chi connectivity index (χ2n) is 7.49. The smallest absolute Gasteiger partial charge is 0.158 e. The normalized spacial score (nSPS) is 28.0. The van der Waals surface area contributed by atoms with Crippen molar-refractivity contribution >= 4 is 0 Å². The lowest BCUT2D eigenvalue weighted by Gasteiger charge is -2.47. The van der Waals surface area contributed by atoms with E-state index in [1.807, 2.05) is 0 Å². The minimum atomic E-state index is 0.627. The molecule has 0 radical (unpaired) electrons. The first-order valence-electron chi connectivity index (χ1n) is 9.11. The molecule has 0 saturated carbocycles. The van der Waals surface area contributed by atoms with Gasteiger partial charge in [0.15, 0.2) is 6.17 Å². The molecule has 2 unspecified atom stereocenters. The van der Waals surface area contributed by atoms with Gasteiger partial charge < -0.3 is 4.48 Å². The van der Waals surface area contributed by atoms with E-state index in [9.17, 15) is 0 Å². The van der Waals surface area contributed by atoms with Crippen LogP contribution in [-0.4, -0.2) is 60.2 Å². The Labute approximate surface area is 145 Å². The molecule has 0 bridgehead atoms. The van der Waals surface area contributed by atoms with Crippen LogP contribution in [0.5, 0.6) is 0 Å². The lowest BCUT2D eigenvalue weighted by atomic mass is 10.1. The van der Waals surface area contributed by atoms with Gasteiger partial charge in [0.05, 0.1) is 26.2 Å². The van der Waals surface area contributed by atoms with Crippen molar-refractivity contribution in [1.82, 2.24) is 9.80 Å². The SMILES string of the molecule is CN1CC[N+]2(Cc3ccccc3)CCN(Cc3ccccc3)CC12. The predicted octanol–water partition coefficient (Wildman–Crippen LogP) is 2.79. The lowest BCUT2D eigenvalue weighted by Crippen LogP contribution is -2.64. The van der Waals surface area contributed by atoms with Crippen LogP contribution < -0.4 is 0 Å². The quantitative estimate of drug-likeness (QED) is 0.799. The summed E-state index contributed by atoms with van der Waals surface area (Å²) in [4.78, 5) is 5.23. The summed E-state index contributed by atoms with van der Waals surface area (Å²) in [5.74, 6) is 0. The maximum absolute atomic E-state index is 2.64. The highest BCUT2D eigenvalue weighted by Gasteiger charge is 2.48. The average molecular weight is 322 g/mol. The first-order valence-corrected chi connectivity index (χ1v) is 9.11. The number of hydrogen-bond donors (Lipinski definition) is 0. The van der Waals surface area contributed by atoms with Crippen LogP contribution in [0, 0.1) is 0 Å². The molecule has 2 aliphatic heterocycles. The van der Waals surface area contributed by atoms with Crippen molar-refractivity contribution in [2.45, 2.75) is 19.3 Å². The van der Waals surface area contributed by atoms with Crippen molar-refractivity contribution in [2.75, 3.05) is 39.8 Å². The second kappa shape index (κ2) is 6.67. The van der Waals surface area contributed by atoms with Gasteiger partial charge >= 0.3 is 0 Å². The van der Waals surface area contributed by atoms with Gasteiger partial charge in [-0.1, -0.05) is 60.7 Å². The van der Waals surface area contributed by atoms with Crippen LogP contribution >= 0.6 is 0 Å². The Hall–Kier alpha value is -1.68. The summed E-state index contributed by atoms with van der Waals surface area (Å²) >= 11 is 0. The molecule has 2 fully saturated rings. The van der Waals surface area contributed by atoms with Gasteiger partial charge in [-0.2, -0.15) is 0 Å². The molecular weight excluding hydrogens is 294 g/mol. The zero-order valence-electron chi connectivity index (χ0n) is 14.6. The molecule has 126 valence electrons. The van der Waals surface area contributed by atoms with Crippen LogP contribution in [0.1, 0.15) is 11.1 Å². The first kappa shape index (κ1) is 15.8. The van der Waals surface area contributed by atoms with Gasteiger partial charge in [0.2, 0.25) is 0 Å². The third-order valence-corrected chi connectivity index (χ3v) is 5.91. The van der Waals surface area contributed by atoms with Gasteiger partial charge in [0.25, 0.3) is 0 Å². The third-order valence-electron chi connectivity index (χ3n) is 5.91. The van der Waals surface area contributed by atoms with Gasteiger partial charge in [0, 0.05) is 18.7 Å². The van der Waals surface area contributed by atoms with E-state index in [4.69, 9.17) is 0 Å². The fourth-order valence-corrected chi connectivity index (χ4v) is 4.51. The fourth-order valence-electron chi connectivity index (χ4n) is 4.51. The number of piperazine rings is 1. The largest absolute Gasteiger partial charge is 0.302 e. The van der Waals surface area contributed by atoms with Crippen molar-refractivity contribution in [2.24, 2.45) is 0 Å². The lowest BCUT2D eigenvalue weighted by molar-refractivity contribution is -0.961. The van der Waals surface area contributed by atoms with Crippen molar-refractivity contribution in [3.05, 3.63) is 71.8 Å². The minimum absolute atomic E-state index is 0.627. The van der Waals surface area contributed by atoms with E-state index >= 15 is 0 Å². The fraction of sp³-hybridized carbons (Fsp3) is 0.429. The highest BCUT2D eigenvalue weighted by atomic mass is 15.6. The van der Waals surface area contributed by atoms with E-state index in [1.165, 1.54) is 54.9 Å². The zero-order chi connectivity index (χ0) is 16.4. The number of hydrogen-bond acceptors (Lipinski definition) is 2. The van der Waals surface area contributed by atoms with Crippen LogP contribution in [0.4, 0.5) is 0 Å². The Bertz CT molecular complexity index is 657. The van der Waals surface area contributed by atoms with Gasteiger partial charge in [0.1, 0.15) is 6.54 Å². The molecule has 2 saturated heterocycles. The van der Waals surface area contributed by atoms with E-state index in [1.54, 1.807) is 0 Å². The Morgan fingerprint density at radius 2 is 1.50 bits per heavy atom. The molecular formula is C21H28N3+. The monoisotopic (exact) mass is 322 g/mol. The summed E-state index contributed by atoms with van der Waals surface area (Å²) in [6, 6.07) is 22.0. The number of quaternary nitrogens is 1. The molecule has 2 atom stereocenters. The number of fused-ring (bicyclic) bond motifs is 1. The van der Waals surface area contributed by atoms with Crippen molar-refractivity contribution in [1.29, 1.82) is 0 Å². The molecule has 2 heterocycles. The molecule has 0 aromatic heterocycles. The summed E-state index contributed by atoms with van der Waals surface area (Å²) in [6.45, 7) is 8.40. The molecule has 24 heavy (non-hydrogen) atoms. The highest BCUT2D eigenvalue weighted by molar-refractivity contribution is 5.15. The van der Waals surface area contributed by atoms with Gasteiger partial charge in [-0.25, -0.2) is 0 Å². The van der Waals surface area contributed by atoms with E-state index in [2.05, 4.69) is 77.5 Å². The Morgan fingerprint density at radius 1 is 0.875 bits per heavy atom. The number of benzene rings is 2. The van der Waals surface area contributed by atoms with Crippen molar-refractivity contribution in [3.63, 3.8) is 0 Å². The molecule has 3 nitrogen and oxygen atoms in total. The molecule has 0 N–H and O–H groups in total. The zero-order valence-corrected chi connectivity index (χ0v) is 14.6. The van der Waals surface area contributed by atoms with Crippen LogP contribution in [0.15, 0.2) is 60.7 Å². The third kappa shape index (κ3) is 3.12. The summed E-state index contributed by atoms with van der Waals surface area (Å²) in [5.41, 5.74) is 2.91. The van der Waals surface area contributed by atoms with Crippen LogP contribution in [0.25, 0.3) is 0 Å². The molecule has 0 amide bonds. The molecule has 0 spiro atoms. The summed E-state index contributed by atoms with van der Waals surface area (Å²) < 4.78 is 1.24. The van der Waals surface area contributed by atoms with E-state index < -0.39 is 0 Å². The Kier molecular flexibility index (Phi) is 4.40.